The minimum Gasteiger partial charge on any atom is -0.352 e. The molecule has 0 heterocycles. The van der Waals surface area contributed by atoms with Gasteiger partial charge in [-0.1, -0.05) is 70.2 Å². The van der Waals surface area contributed by atoms with Crippen LogP contribution in [-0.4, -0.2) is 50.0 Å². The number of hydrogen-bond donors (Lipinski definition) is 1. The Morgan fingerprint density at radius 3 is 2.00 bits per heavy atom. The Kier molecular flexibility index (Phi) is 10.3. The number of sulfonamides is 1. The van der Waals surface area contributed by atoms with Gasteiger partial charge in [0.15, 0.2) is 0 Å². The highest BCUT2D eigenvalue weighted by atomic mass is 32.2. The molecule has 0 radical (unpaired) electrons. The number of nitrogens with zero attached hydrogens (tertiary/aromatic N) is 2. The lowest BCUT2D eigenvalue weighted by molar-refractivity contribution is -0.140. The molecule has 1 N–H and O–H groups in total. The fraction of sp³-hybridized carbons (Fsp3) is 0.481. The van der Waals surface area contributed by atoms with Crippen molar-refractivity contribution < 1.29 is 18.0 Å². The topological polar surface area (TPSA) is 86.8 Å². The molecule has 0 bridgehead atoms. The van der Waals surface area contributed by atoms with E-state index in [4.69, 9.17) is 0 Å². The van der Waals surface area contributed by atoms with Gasteiger partial charge in [-0.15, -0.1) is 0 Å². The molecule has 0 saturated carbocycles. The van der Waals surface area contributed by atoms with Crippen LogP contribution in [-0.2, 0) is 26.2 Å². The molecule has 2 aromatic carbocycles. The Morgan fingerprint density at radius 2 is 1.51 bits per heavy atom. The third kappa shape index (κ3) is 8.09. The van der Waals surface area contributed by atoms with E-state index < -0.39 is 22.0 Å². The van der Waals surface area contributed by atoms with Crippen LogP contribution in [0.5, 0.6) is 0 Å². The summed E-state index contributed by atoms with van der Waals surface area (Å²) in [4.78, 5) is 28.2. The third-order valence-electron chi connectivity index (χ3n) is 6.11. The SMILES string of the molecule is CC[C@@H](C)NC(=O)[C@@H](CC)N(Cc1ccccc1)C(=O)CN(c1ccc(C(C)C)cc1)S(C)(=O)=O. The van der Waals surface area contributed by atoms with Gasteiger partial charge in [0.2, 0.25) is 21.8 Å². The molecule has 2 rings (SSSR count). The van der Waals surface area contributed by atoms with Crippen molar-refractivity contribution in [3.8, 4) is 0 Å². The summed E-state index contributed by atoms with van der Waals surface area (Å²) in [5, 5.41) is 2.97. The number of amides is 2. The molecule has 7 nitrogen and oxygen atoms in total. The van der Waals surface area contributed by atoms with E-state index in [0.717, 1.165) is 28.1 Å². The van der Waals surface area contributed by atoms with Crippen molar-refractivity contribution in [1.82, 2.24) is 10.2 Å². The van der Waals surface area contributed by atoms with Gasteiger partial charge in [0.05, 0.1) is 11.9 Å². The molecule has 2 amide bonds. The summed E-state index contributed by atoms with van der Waals surface area (Å²) in [5.41, 5.74) is 2.36. The first kappa shape index (κ1) is 28.4. The maximum absolute atomic E-state index is 13.7. The molecule has 0 aromatic heterocycles. The van der Waals surface area contributed by atoms with Gasteiger partial charge in [-0.3, -0.25) is 13.9 Å². The second-order valence-electron chi connectivity index (χ2n) is 9.27. The predicted octanol–water partition coefficient (Wildman–Crippen LogP) is 4.30. The average molecular weight is 502 g/mol. The van der Waals surface area contributed by atoms with Crippen LogP contribution in [0.15, 0.2) is 54.6 Å². The minimum absolute atomic E-state index is 0.0304. The van der Waals surface area contributed by atoms with E-state index in [2.05, 4.69) is 19.2 Å². The van der Waals surface area contributed by atoms with E-state index in [-0.39, 0.29) is 25.0 Å². The molecule has 0 fully saturated rings. The largest absolute Gasteiger partial charge is 0.352 e. The summed E-state index contributed by atoms with van der Waals surface area (Å²) in [6.45, 7) is 9.68. The van der Waals surface area contributed by atoms with E-state index in [1.54, 1.807) is 12.1 Å². The zero-order chi connectivity index (χ0) is 26.2. The third-order valence-corrected chi connectivity index (χ3v) is 7.25. The second-order valence-corrected chi connectivity index (χ2v) is 11.2. The maximum Gasteiger partial charge on any atom is 0.244 e. The summed E-state index contributed by atoms with van der Waals surface area (Å²) in [6.07, 6.45) is 2.26. The first-order valence-electron chi connectivity index (χ1n) is 12.2. The lowest BCUT2D eigenvalue weighted by Gasteiger charge is -2.33. The fourth-order valence-corrected chi connectivity index (χ4v) is 4.63. The standard InChI is InChI=1S/C27H39N3O4S/c1-7-21(5)28-27(32)25(8-2)29(18-22-12-10-9-11-13-22)26(31)19-30(35(6,33)34)24-16-14-23(15-17-24)20(3)4/h9-17,20-21,25H,7-8,18-19H2,1-6H3,(H,28,32)/t21-,25-/m1/s1. The van der Waals surface area contributed by atoms with Crippen LogP contribution in [0.3, 0.4) is 0 Å². The smallest absolute Gasteiger partial charge is 0.244 e. The lowest BCUT2D eigenvalue weighted by atomic mass is 10.0. The molecule has 35 heavy (non-hydrogen) atoms. The van der Waals surface area contributed by atoms with Crippen LogP contribution in [0.4, 0.5) is 5.69 Å². The summed E-state index contributed by atoms with van der Waals surface area (Å²) in [7, 11) is -3.74. The van der Waals surface area contributed by atoms with Crippen LogP contribution in [0, 0.1) is 0 Å². The molecule has 0 unspecified atom stereocenters. The maximum atomic E-state index is 13.7. The number of carbonyl (C=O) groups is 2. The normalized spacial score (nSPS) is 13.2. The highest BCUT2D eigenvalue weighted by Gasteiger charge is 2.32. The van der Waals surface area contributed by atoms with Gasteiger partial charge in [0, 0.05) is 12.6 Å². The van der Waals surface area contributed by atoms with E-state index in [1.165, 1.54) is 4.90 Å². The van der Waals surface area contributed by atoms with Gasteiger partial charge in [-0.25, -0.2) is 8.42 Å². The summed E-state index contributed by atoms with van der Waals surface area (Å²) in [5.74, 6) is -0.371. The number of benzene rings is 2. The summed E-state index contributed by atoms with van der Waals surface area (Å²) < 4.78 is 26.5. The van der Waals surface area contributed by atoms with Gasteiger partial charge in [0.25, 0.3) is 0 Å². The Balaban J connectivity index is 2.40. The molecule has 192 valence electrons. The first-order chi connectivity index (χ1) is 16.5. The monoisotopic (exact) mass is 501 g/mol. The number of hydrogen-bond acceptors (Lipinski definition) is 4. The number of anilines is 1. The van der Waals surface area contributed by atoms with Crippen molar-refractivity contribution >= 4 is 27.5 Å². The quantitative estimate of drug-likeness (QED) is 0.470. The summed E-state index contributed by atoms with van der Waals surface area (Å²) in [6, 6.07) is 15.8. The number of nitrogens with one attached hydrogen (secondary N) is 1. The summed E-state index contributed by atoms with van der Waals surface area (Å²) >= 11 is 0. The van der Waals surface area contributed by atoms with Crippen LogP contribution in [0.1, 0.15) is 64.5 Å². The minimum atomic E-state index is -3.74. The number of rotatable bonds is 12. The van der Waals surface area contributed by atoms with Gasteiger partial charge < -0.3 is 10.2 Å². The van der Waals surface area contributed by atoms with Crippen LogP contribution < -0.4 is 9.62 Å². The van der Waals surface area contributed by atoms with E-state index in [1.807, 2.05) is 63.2 Å². The second kappa shape index (κ2) is 12.7. The molecule has 2 atom stereocenters. The van der Waals surface area contributed by atoms with Crippen molar-refractivity contribution in [3.05, 3.63) is 65.7 Å². The number of carbonyl (C=O) groups excluding carboxylic acids is 2. The highest BCUT2D eigenvalue weighted by molar-refractivity contribution is 7.92. The molecular formula is C27H39N3O4S. The Hall–Kier alpha value is -2.87. The Labute approximate surface area is 210 Å². The van der Waals surface area contributed by atoms with Crippen LogP contribution >= 0.6 is 0 Å². The fourth-order valence-electron chi connectivity index (χ4n) is 3.78. The molecule has 0 aliphatic carbocycles. The van der Waals surface area contributed by atoms with Crippen molar-refractivity contribution in [1.29, 1.82) is 0 Å². The van der Waals surface area contributed by atoms with Crippen molar-refractivity contribution in [2.45, 2.75) is 72.0 Å². The molecule has 0 spiro atoms. The van der Waals surface area contributed by atoms with Crippen LogP contribution in [0.25, 0.3) is 0 Å². The Bertz CT molecular complexity index is 1070. The van der Waals surface area contributed by atoms with Gasteiger partial charge in [-0.05, 0) is 48.9 Å². The van der Waals surface area contributed by atoms with E-state index >= 15 is 0 Å². The molecule has 0 saturated heterocycles. The van der Waals surface area contributed by atoms with Gasteiger partial charge in [-0.2, -0.15) is 0 Å². The van der Waals surface area contributed by atoms with E-state index in [9.17, 15) is 18.0 Å². The van der Waals surface area contributed by atoms with Gasteiger partial charge in [0.1, 0.15) is 12.6 Å². The van der Waals surface area contributed by atoms with Crippen LogP contribution in [0.2, 0.25) is 0 Å². The zero-order valence-corrected chi connectivity index (χ0v) is 22.5. The lowest BCUT2D eigenvalue weighted by Crippen LogP contribution is -2.53. The van der Waals surface area contributed by atoms with Crippen molar-refractivity contribution in [2.24, 2.45) is 0 Å². The molecule has 0 aliphatic heterocycles. The molecule has 0 aliphatic rings. The predicted molar refractivity (Wildman–Crippen MR) is 142 cm³/mol. The van der Waals surface area contributed by atoms with E-state index in [0.29, 0.717) is 18.0 Å². The van der Waals surface area contributed by atoms with Gasteiger partial charge >= 0.3 is 0 Å². The average Bonchev–Trinajstić information content (AvgIpc) is 2.82. The molecular weight excluding hydrogens is 462 g/mol. The first-order valence-corrected chi connectivity index (χ1v) is 14.0. The Morgan fingerprint density at radius 1 is 0.914 bits per heavy atom. The van der Waals surface area contributed by atoms with Crippen molar-refractivity contribution in [3.63, 3.8) is 0 Å². The van der Waals surface area contributed by atoms with Crippen molar-refractivity contribution in [2.75, 3.05) is 17.1 Å². The zero-order valence-electron chi connectivity index (χ0n) is 21.7. The molecule has 2 aromatic rings. The molecule has 8 heteroatoms. The highest BCUT2D eigenvalue weighted by Crippen LogP contribution is 2.23.